The molecular weight excluding hydrogens is 533 g/mol. The number of anilines is 1. The van der Waals surface area contributed by atoms with Gasteiger partial charge in [-0.1, -0.05) is 0 Å². The van der Waals surface area contributed by atoms with Crippen LogP contribution in [0.2, 0.25) is 0 Å². The third-order valence-corrected chi connectivity index (χ3v) is 6.71. The Labute approximate surface area is 212 Å². The van der Waals surface area contributed by atoms with Crippen molar-refractivity contribution in [3.05, 3.63) is 27.8 Å². The van der Waals surface area contributed by atoms with E-state index in [-0.39, 0.29) is 18.8 Å². The van der Waals surface area contributed by atoms with Gasteiger partial charge in [0.05, 0.1) is 0 Å². The molecule has 1 aromatic rings. The van der Waals surface area contributed by atoms with Crippen molar-refractivity contribution in [1.82, 2.24) is 9.80 Å². The lowest BCUT2D eigenvalue weighted by molar-refractivity contribution is -0.147. The molecule has 1 aliphatic rings. The first-order valence-electron chi connectivity index (χ1n) is 11.7. The Kier molecular flexibility index (Phi) is 10.7. The minimum absolute atomic E-state index is 0.259. The monoisotopic (exact) mass is 573 g/mol. The van der Waals surface area contributed by atoms with Crippen LogP contribution in [0.1, 0.15) is 53.4 Å². The summed E-state index contributed by atoms with van der Waals surface area (Å²) in [6, 6.07) is 8.98. The second-order valence-electron chi connectivity index (χ2n) is 10.0. The highest BCUT2D eigenvalue weighted by molar-refractivity contribution is 14.1. The average molecular weight is 574 g/mol. The third kappa shape index (κ3) is 10.1. The first-order valence-corrected chi connectivity index (χ1v) is 12.8. The number of ether oxygens (including phenoxy) is 2. The molecule has 1 saturated carbocycles. The molecule has 0 unspecified atom stereocenters. The number of benzene rings is 1. The molecule has 0 heterocycles. The van der Waals surface area contributed by atoms with Crippen LogP contribution >= 0.6 is 22.6 Å². The maximum Gasteiger partial charge on any atom is 0.410 e. The SMILES string of the molecule is CC(=O)OCN(CCN(C)C(=O)OC(C)(C)C)[C@H]1CC[C@H](CN(C)c2ccc(I)cc2)CC1. The van der Waals surface area contributed by atoms with Crippen LogP contribution in [-0.4, -0.2) is 74.0 Å². The van der Waals surface area contributed by atoms with Gasteiger partial charge in [-0.25, -0.2) is 4.79 Å². The van der Waals surface area contributed by atoms with Gasteiger partial charge < -0.3 is 19.3 Å². The van der Waals surface area contributed by atoms with Gasteiger partial charge >= 0.3 is 12.1 Å². The molecule has 0 radical (unpaired) electrons. The van der Waals surface area contributed by atoms with Crippen LogP contribution < -0.4 is 4.90 Å². The summed E-state index contributed by atoms with van der Waals surface area (Å²) < 4.78 is 12.0. The van der Waals surface area contributed by atoms with Crippen LogP contribution in [0.25, 0.3) is 0 Å². The van der Waals surface area contributed by atoms with Gasteiger partial charge in [0.1, 0.15) is 12.3 Å². The van der Waals surface area contributed by atoms with Gasteiger partial charge in [-0.05, 0) is 99.2 Å². The van der Waals surface area contributed by atoms with Crippen LogP contribution in [0.5, 0.6) is 0 Å². The quantitative estimate of drug-likeness (QED) is 0.236. The van der Waals surface area contributed by atoms with Crippen molar-refractivity contribution in [1.29, 1.82) is 0 Å². The van der Waals surface area contributed by atoms with E-state index in [9.17, 15) is 9.59 Å². The number of hydrogen-bond donors (Lipinski definition) is 0. The number of carbonyl (C=O) groups excluding carboxylic acids is 2. The van der Waals surface area contributed by atoms with Crippen molar-refractivity contribution in [3.8, 4) is 0 Å². The Hall–Kier alpha value is -1.55. The second-order valence-corrected chi connectivity index (χ2v) is 11.3. The number of nitrogens with zero attached hydrogens (tertiary/aromatic N) is 3. The number of halogens is 1. The molecule has 0 bridgehead atoms. The predicted molar refractivity (Wildman–Crippen MR) is 140 cm³/mol. The van der Waals surface area contributed by atoms with Gasteiger partial charge in [0.25, 0.3) is 0 Å². The van der Waals surface area contributed by atoms with Crippen molar-refractivity contribution in [2.75, 3.05) is 45.4 Å². The largest absolute Gasteiger partial charge is 0.450 e. The summed E-state index contributed by atoms with van der Waals surface area (Å²) in [6.45, 7) is 9.48. The fourth-order valence-corrected chi connectivity index (χ4v) is 4.48. The average Bonchev–Trinajstić information content (AvgIpc) is 2.73. The van der Waals surface area contributed by atoms with Gasteiger partial charge in [0.15, 0.2) is 0 Å². The van der Waals surface area contributed by atoms with E-state index in [1.165, 1.54) is 16.2 Å². The van der Waals surface area contributed by atoms with Crippen molar-refractivity contribution in [2.45, 2.75) is 65.0 Å². The molecule has 1 fully saturated rings. The molecule has 0 spiro atoms. The predicted octanol–water partition coefficient (Wildman–Crippen LogP) is 4.98. The topological polar surface area (TPSA) is 62.3 Å². The molecule has 0 saturated heterocycles. The Morgan fingerprint density at radius 1 is 1.03 bits per heavy atom. The number of hydrogen-bond acceptors (Lipinski definition) is 6. The third-order valence-electron chi connectivity index (χ3n) is 5.99. The highest BCUT2D eigenvalue weighted by atomic mass is 127. The van der Waals surface area contributed by atoms with Crippen LogP contribution in [0.4, 0.5) is 10.5 Å². The van der Waals surface area contributed by atoms with E-state index in [0.29, 0.717) is 25.0 Å². The molecule has 2 rings (SSSR count). The van der Waals surface area contributed by atoms with E-state index in [4.69, 9.17) is 9.47 Å². The lowest BCUT2D eigenvalue weighted by Gasteiger charge is -2.38. The standard InChI is InChI=1S/C25H40IN3O4/c1-19(30)32-18-29(16-15-27(5)24(31)33-25(2,3)4)23-11-7-20(8-12-23)17-28(6)22-13-9-21(26)10-14-22/h9-10,13-14,20,23H,7-8,11-12,15-18H2,1-6H3/t20-,23-. The van der Waals surface area contributed by atoms with Crippen LogP contribution in [0, 0.1) is 9.49 Å². The Balaban J connectivity index is 1.87. The molecule has 186 valence electrons. The first kappa shape index (κ1) is 27.7. The lowest BCUT2D eigenvalue weighted by Crippen LogP contribution is -2.45. The molecule has 0 aliphatic heterocycles. The molecule has 0 aromatic heterocycles. The fourth-order valence-electron chi connectivity index (χ4n) is 4.12. The summed E-state index contributed by atoms with van der Waals surface area (Å²) >= 11 is 2.33. The molecule has 0 N–H and O–H groups in total. The normalized spacial score (nSPS) is 18.7. The van der Waals surface area contributed by atoms with E-state index < -0.39 is 5.60 Å². The minimum Gasteiger partial charge on any atom is -0.450 e. The number of carbonyl (C=O) groups is 2. The highest BCUT2D eigenvalue weighted by Gasteiger charge is 2.28. The van der Waals surface area contributed by atoms with E-state index >= 15 is 0 Å². The Morgan fingerprint density at radius 3 is 2.18 bits per heavy atom. The fraction of sp³-hybridized carbons (Fsp3) is 0.680. The molecule has 1 aliphatic carbocycles. The summed E-state index contributed by atoms with van der Waals surface area (Å²) in [6.07, 6.45) is 4.05. The maximum absolute atomic E-state index is 12.3. The Morgan fingerprint density at radius 2 is 1.64 bits per heavy atom. The lowest BCUT2D eigenvalue weighted by atomic mass is 9.85. The zero-order valence-corrected chi connectivity index (χ0v) is 23.1. The summed E-state index contributed by atoms with van der Waals surface area (Å²) in [5, 5.41) is 0. The van der Waals surface area contributed by atoms with Crippen LogP contribution in [0.15, 0.2) is 24.3 Å². The summed E-state index contributed by atoms with van der Waals surface area (Å²) in [5.41, 5.74) is 0.728. The van der Waals surface area contributed by atoms with Crippen LogP contribution in [-0.2, 0) is 14.3 Å². The first-order chi connectivity index (χ1) is 15.4. The van der Waals surface area contributed by atoms with Crippen molar-refractivity contribution in [3.63, 3.8) is 0 Å². The molecule has 1 amide bonds. The van der Waals surface area contributed by atoms with E-state index in [0.717, 1.165) is 32.2 Å². The van der Waals surface area contributed by atoms with Gasteiger partial charge in [-0.15, -0.1) is 0 Å². The van der Waals surface area contributed by atoms with E-state index in [2.05, 4.69) is 63.7 Å². The zero-order valence-electron chi connectivity index (χ0n) is 21.0. The van der Waals surface area contributed by atoms with Crippen molar-refractivity contribution < 1.29 is 19.1 Å². The maximum atomic E-state index is 12.3. The number of likely N-dealkylation sites (N-methyl/N-ethyl adjacent to an activating group) is 1. The smallest absolute Gasteiger partial charge is 0.410 e. The molecule has 0 atom stereocenters. The van der Waals surface area contributed by atoms with Crippen molar-refractivity contribution in [2.24, 2.45) is 5.92 Å². The van der Waals surface area contributed by atoms with Crippen LogP contribution in [0.3, 0.4) is 0 Å². The Bertz CT molecular complexity index is 758. The van der Waals surface area contributed by atoms with Gasteiger partial charge in [0, 0.05) is 56.0 Å². The zero-order chi connectivity index (χ0) is 24.6. The van der Waals surface area contributed by atoms with Gasteiger partial charge in [-0.3, -0.25) is 9.69 Å². The summed E-state index contributed by atoms with van der Waals surface area (Å²) in [4.78, 5) is 29.8. The highest BCUT2D eigenvalue weighted by Crippen LogP contribution is 2.29. The second kappa shape index (κ2) is 12.8. The summed E-state index contributed by atoms with van der Waals surface area (Å²) in [7, 11) is 3.91. The van der Waals surface area contributed by atoms with Gasteiger partial charge in [-0.2, -0.15) is 0 Å². The molecule has 1 aromatic carbocycles. The van der Waals surface area contributed by atoms with E-state index in [1.54, 1.807) is 11.9 Å². The number of rotatable bonds is 9. The van der Waals surface area contributed by atoms with Gasteiger partial charge in [0.2, 0.25) is 0 Å². The molecule has 7 nitrogen and oxygen atoms in total. The molecular formula is C25H40IN3O4. The number of esters is 1. The minimum atomic E-state index is -0.521. The molecule has 33 heavy (non-hydrogen) atoms. The summed E-state index contributed by atoms with van der Waals surface area (Å²) in [5.74, 6) is 0.360. The number of amides is 1. The molecule has 8 heteroatoms. The van der Waals surface area contributed by atoms with Crippen molar-refractivity contribution >= 4 is 40.3 Å². The van der Waals surface area contributed by atoms with E-state index in [1.807, 2.05) is 20.8 Å².